The number of ether oxygens (including phenoxy) is 1. The molecule has 2 aromatic rings. The summed E-state index contributed by atoms with van der Waals surface area (Å²) in [7, 11) is 0. The van der Waals surface area contributed by atoms with Crippen molar-refractivity contribution in [3.05, 3.63) is 34.8 Å². The van der Waals surface area contributed by atoms with Gasteiger partial charge in [0.05, 0.1) is 0 Å². The van der Waals surface area contributed by atoms with E-state index in [4.69, 9.17) is 4.74 Å². The minimum atomic E-state index is 0.0345. The van der Waals surface area contributed by atoms with Crippen LogP contribution in [-0.4, -0.2) is 16.7 Å². The van der Waals surface area contributed by atoms with Crippen LogP contribution in [-0.2, 0) is 12.0 Å². The molecular formula is C16H23N3OS. The van der Waals surface area contributed by atoms with Gasteiger partial charge in [0.25, 0.3) is 5.19 Å². The third kappa shape index (κ3) is 4.51. The van der Waals surface area contributed by atoms with E-state index in [9.17, 15) is 0 Å². The molecule has 1 aromatic carbocycles. The van der Waals surface area contributed by atoms with Gasteiger partial charge in [-0.3, -0.25) is 0 Å². The van der Waals surface area contributed by atoms with Gasteiger partial charge in [-0.05, 0) is 24.4 Å². The Bertz CT molecular complexity index is 575. The summed E-state index contributed by atoms with van der Waals surface area (Å²) >= 11 is 1.49. The molecule has 114 valence electrons. The Kier molecular flexibility index (Phi) is 5.31. The van der Waals surface area contributed by atoms with Crippen molar-refractivity contribution in [3.8, 4) is 10.9 Å². The molecule has 0 fully saturated rings. The molecule has 0 saturated heterocycles. The lowest BCUT2D eigenvalue weighted by molar-refractivity contribution is 0.448. The average Bonchev–Trinajstić information content (AvgIpc) is 2.86. The third-order valence-electron chi connectivity index (χ3n) is 3.04. The molecule has 0 aliphatic rings. The fraction of sp³-hybridized carbons (Fsp3) is 0.500. The smallest absolute Gasteiger partial charge is 0.299 e. The Morgan fingerprint density at radius 3 is 2.67 bits per heavy atom. The summed E-state index contributed by atoms with van der Waals surface area (Å²) in [6, 6.07) is 8.10. The predicted molar refractivity (Wildman–Crippen MR) is 87.1 cm³/mol. The quantitative estimate of drug-likeness (QED) is 0.815. The first-order valence-corrected chi connectivity index (χ1v) is 8.13. The van der Waals surface area contributed by atoms with Gasteiger partial charge >= 0.3 is 0 Å². The van der Waals surface area contributed by atoms with Crippen LogP contribution >= 0.6 is 11.3 Å². The van der Waals surface area contributed by atoms with E-state index in [0.29, 0.717) is 5.19 Å². The van der Waals surface area contributed by atoms with Gasteiger partial charge in [0, 0.05) is 12.1 Å². The zero-order valence-electron chi connectivity index (χ0n) is 13.1. The van der Waals surface area contributed by atoms with Crippen molar-refractivity contribution in [3.63, 3.8) is 0 Å². The molecule has 0 saturated carbocycles. The van der Waals surface area contributed by atoms with Crippen molar-refractivity contribution in [1.82, 2.24) is 15.5 Å². The van der Waals surface area contributed by atoms with Crippen molar-refractivity contribution < 1.29 is 4.74 Å². The van der Waals surface area contributed by atoms with Gasteiger partial charge < -0.3 is 10.1 Å². The molecule has 0 bridgehead atoms. The van der Waals surface area contributed by atoms with Crippen LogP contribution in [0.1, 0.15) is 44.7 Å². The number of nitrogens with one attached hydrogen (secondary N) is 1. The summed E-state index contributed by atoms with van der Waals surface area (Å²) in [5, 5.41) is 13.1. The van der Waals surface area contributed by atoms with Crippen LogP contribution in [0.15, 0.2) is 24.3 Å². The molecule has 1 heterocycles. The van der Waals surface area contributed by atoms with Gasteiger partial charge in [0.15, 0.2) is 0 Å². The highest BCUT2D eigenvalue weighted by Crippen LogP contribution is 2.34. The first-order chi connectivity index (χ1) is 10.0. The molecule has 4 nitrogen and oxygen atoms in total. The lowest BCUT2D eigenvalue weighted by Gasteiger charge is -2.21. The molecule has 0 unspecified atom stereocenters. The fourth-order valence-electron chi connectivity index (χ4n) is 1.99. The SMILES string of the molecule is CCCNCc1nnc(Oc2ccccc2C(C)(C)C)s1. The van der Waals surface area contributed by atoms with Crippen LogP contribution in [0.2, 0.25) is 0 Å². The van der Waals surface area contributed by atoms with Crippen LogP contribution < -0.4 is 10.1 Å². The first-order valence-electron chi connectivity index (χ1n) is 7.31. The van der Waals surface area contributed by atoms with Gasteiger partial charge in [-0.1, -0.05) is 62.3 Å². The number of hydrogen-bond donors (Lipinski definition) is 1. The Morgan fingerprint density at radius 1 is 1.19 bits per heavy atom. The zero-order valence-corrected chi connectivity index (χ0v) is 14.0. The van der Waals surface area contributed by atoms with E-state index < -0.39 is 0 Å². The molecule has 0 spiro atoms. The minimum Gasteiger partial charge on any atom is -0.429 e. The van der Waals surface area contributed by atoms with Gasteiger partial charge in [-0.2, -0.15) is 0 Å². The molecule has 5 heteroatoms. The highest BCUT2D eigenvalue weighted by molar-refractivity contribution is 7.13. The Labute approximate surface area is 130 Å². The van der Waals surface area contributed by atoms with E-state index in [-0.39, 0.29) is 5.41 Å². The van der Waals surface area contributed by atoms with E-state index in [2.05, 4.69) is 49.3 Å². The van der Waals surface area contributed by atoms with Crippen LogP contribution in [0.5, 0.6) is 10.9 Å². The molecule has 1 aromatic heterocycles. The zero-order chi connectivity index (χ0) is 15.3. The van der Waals surface area contributed by atoms with Crippen LogP contribution in [0.3, 0.4) is 0 Å². The summed E-state index contributed by atoms with van der Waals surface area (Å²) in [4.78, 5) is 0. The third-order valence-corrected chi connectivity index (χ3v) is 3.84. The number of para-hydroxylation sites is 1. The van der Waals surface area contributed by atoms with E-state index in [0.717, 1.165) is 30.3 Å². The Hall–Kier alpha value is -1.46. The summed E-state index contributed by atoms with van der Waals surface area (Å²) in [6.45, 7) is 10.4. The molecule has 1 N–H and O–H groups in total. The normalized spacial score (nSPS) is 11.6. The first kappa shape index (κ1) is 15.9. The van der Waals surface area contributed by atoms with Gasteiger partial charge in [0.1, 0.15) is 10.8 Å². The highest BCUT2D eigenvalue weighted by atomic mass is 32.1. The highest BCUT2D eigenvalue weighted by Gasteiger charge is 2.19. The van der Waals surface area contributed by atoms with Gasteiger partial charge in [0.2, 0.25) is 0 Å². The maximum absolute atomic E-state index is 5.94. The molecule has 0 aliphatic carbocycles. The fourth-order valence-corrected chi connectivity index (χ4v) is 2.66. The largest absolute Gasteiger partial charge is 0.429 e. The maximum atomic E-state index is 5.94. The van der Waals surface area contributed by atoms with Crippen molar-refractivity contribution in [2.24, 2.45) is 0 Å². The lowest BCUT2D eigenvalue weighted by atomic mass is 9.86. The topological polar surface area (TPSA) is 47.0 Å². The maximum Gasteiger partial charge on any atom is 0.299 e. The molecule has 0 atom stereocenters. The second-order valence-electron chi connectivity index (χ2n) is 5.99. The Balaban J connectivity index is 2.09. The summed E-state index contributed by atoms with van der Waals surface area (Å²) < 4.78 is 5.94. The van der Waals surface area contributed by atoms with E-state index in [1.165, 1.54) is 16.9 Å². The standard InChI is InChI=1S/C16H23N3OS/c1-5-10-17-11-14-18-19-15(21-14)20-13-9-7-6-8-12(13)16(2,3)4/h6-9,17H,5,10-11H2,1-4H3. The molecule has 2 rings (SSSR count). The minimum absolute atomic E-state index is 0.0345. The summed E-state index contributed by atoms with van der Waals surface area (Å²) in [6.07, 6.45) is 1.11. The number of hydrogen-bond acceptors (Lipinski definition) is 5. The molecular weight excluding hydrogens is 282 g/mol. The molecule has 0 aliphatic heterocycles. The van der Waals surface area contributed by atoms with Crippen molar-refractivity contribution in [2.45, 2.75) is 46.1 Å². The molecule has 21 heavy (non-hydrogen) atoms. The van der Waals surface area contributed by atoms with Crippen molar-refractivity contribution >= 4 is 11.3 Å². The van der Waals surface area contributed by atoms with Crippen LogP contribution in [0.25, 0.3) is 0 Å². The lowest BCUT2D eigenvalue weighted by Crippen LogP contribution is -2.13. The van der Waals surface area contributed by atoms with Crippen LogP contribution in [0.4, 0.5) is 0 Å². The summed E-state index contributed by atoms with van der Waals surface area (Å²) in [5.74, 6) is 0.856. The van der Waals surface area contributed by atoms with Crippen LogP contribution in [0, 0.1) is 0 Å². The Morgan fingerprint density at radius 2 is 1.95 bits per heavy atom. The second kappa shape index (κ2) is 7.00. The monoisotopic (exact) mass is 305 g/mol. The van der Waals surface area contributed by atoms with E-state index >= 15 is 0 Å². The molecule has 0 radical (unpaired) electrons. The average molecular weight is 305 g/mol. The predicted octanol–water partition coefficient (Wildman–Crippen LogP) is 4.13. The number of benzene rings is 1. The number of rotatable bonds is 6. The van der Waals surface area contributed by atoms with Gasteiger partial charge in [-0.15, -0.1) is 5.10 Å². The van der Waals surface area contributed by atoms with Gasteiger partial charge in [-0.25, -0.2) is 0 Å². The second-order valence-corrected chi connectivity index (χ2v) is 7.01. The number of nitrogens with zero attached hydrogens (tertiary/aromatic N) is 2. The van der Waals surface area contributed by atoms with E-state index in [1.807, 2.05) is 18.2 Å². The van der Waals surface area contributed by atoms with E-state index in [1.54, 1.807) is 0 Å². The van der Waals surface area contributed by atoms with Crippen molar-refractivity contribution in [1.29, 1.82) is 0 Å². The number of aromatic nitrogens is 2. The summed E-state index contributed by atoms with van der Waals surface area (Å²) in [5.41, 5.74) is 1.21. The molecule has 0 amide bonds. The van der Waals surface area contributed by atoms with Crippen molar-refractivity contribution in [2.75, 3.05) is 6.54 Å².